The number of nitrogens with zero attached hydrogens (tertiary/aromatic N) is 2. The van der Waals surface area contributed by atoms with Gasteiger partial charge in [0.25, 0.3) is 0 Å². The van der Waals surface area contributed by atoms with Gasteiger partial charge in [-0.3, -0.25) is 4.99 Å². The highest BCUT2D eigenvalue weighted by Crippen LogP contribution is 1.98. The topological polar surface area (TPSA) is 27.6 Å². The predicted octanol–water partition coefficient (Wildman–Crippen LogP) is 2.38. The van der Waals surface area contributed by atoms with Crippen molar-refractivity contribution in [3.05, 3.63) is 25.3 Å². The van der Waals surface area contributed by atoms with Crippen LogP contribution in [-0.4, -0.2) is 49.6 Å². The lowest BCUT2D eigenvalue weighted by Gasteiger charge is -2.21. The fourth-order valence-corrected chi connectivity index (χ4v) is 1.94. The monoisotopic (exact) mass is 255 g/mol. The van der Waals surface area contributed by atoms with Gasteiger partial charge in [-0.05, 0) is 12.8 Å². The molecule has 0 aliphatic carbocycles. The lowest BCUT2D eigenvalue weighted by molar-refractivity contribution is 0.472. The summed E-state index contributed by atoms with van der Waals surface area (Å²) in [6.45, 7) is 9.37. The normalized spacial score (nSPS) is 11.1. The summed E-state index contributed by atoms with van der Waals surface area (Å²) >= 11 is 1.87. The van der Waals surface area contributed by atoms with Crippen molar-refractivity contribution < 1.29 is 0 Å². The second-order valence-electron chi connectivity index (χ2n) is 3.69. The first-order valence-corrected chi connectivity index (χ1v) is 7.13. The molecule has 0 aliphatic rings. The van der Waals surface area contributed by atoms with E-state index in [0.29, 0.717) is 0 Å². The zero-order chi connectivity index (χ0) is 12.9. The van der Waals surface area contributed by atoms with Crippen LogP contribution in [0.15, 0.2) is 30.3 Å². The molecule has 0 fully saturated rings. The van der Waals surface area contributed by atoms with E-state index in [4.69, 9.17) is 0 Å². The third kappa shape index (κ3) is 8.86. The number of unbranched alkanes of at least 4 members (excludes halogenated alkanes) is 1. The van der Waals surface area contributed by atoms with Gasteiger partial charge >= 0.3 is 0 Å². The fourth-order valence-electron chi connectivity index (χ4n) is 1.37. The summed E-state index contributed by atoms with van der Waals surface area (Å²) in [4.78, 5) is 6.42. The minimum atomic E-state index is 0.941. The lowest BCUT2D eigenvalue weighted by atomic mass is 10.3. The molecule has 0 amide bonds. The first-order valence-electron chi connectivity index (χ1n) is 5.97. The van der Waals surface area contributed by atoms with Gasteiger partial charge < -0.3 is 10.2 Å². The molecule has 0 saturated heterocycles. The van der Waals surface area contributed by atoms with Crippen LogP contribution < -0.4 is 5.32 Å². The molecule has 0 aromatic carbocycles. The number of hydrogen-bond acceptors (Lipinski definition) is 2. The number of allylic oxidation sites excluding steroid dienone is 1. The van der Waals surface area contributed by atoms with E-state index in [-0.39, 0.29) is 0 Å². The Morgan fingerprint density at radius 1 is 1.41 bits per heavy atom. The van der Waals surface area contributed by atoms with E-state index in [1.165, 1.54) is 0 Å². The highest BCUT2D eigenvalue weighted by molar-refractivity contribution is 7.99. The van der Waals surface area contributed by atoms with E-state index in [0.717, 1.165) is 43.4 Å². The van der Waals surface area contributed by atoms with E-state index in [1.807, 2.05) is 31.0 Å². The van der Waals surface area contributed by atoms with Crippen LogP contribution in [0.4, 0.5) is 0 Å². The number of thioether (sulfide) groups is 1. The van der Waals surface area contributed by atoms with Crippen molar-refractivity contribution >= 4 is 17.7 Å². The highest BCUT2D eigenvalue weighted by Gasteiger charge is 2.03. The van der Waals surface area contributed by atoms with Gasteiger partial charge in [0.15, 0.2) is 5.96 Å². The third-order valence-corrected chi connectivity index (χ3v) is 3.20. The summed E-state index contributed by atoms with van der Waals surface area (Å²) in [6, 6.07) is 0. The Balaban J connectivity index is 3.74. The van der Waals surface area contributed by atoms with E-state index in [2.05, 4.69) is 35.4 Å². The summed E-state index contributed by atoms with van der Waals surface area (Å²) in [7, 11) is 3.89. The molecule has 0 unspecified atom stereocenters. The molecule has 0 bridgehead atoms. The van der Waals surface area contributed by atoms with Crippen molar-refractivity contribution in [3.8, 4) is 0 Å². The highest BCUT2D eigenvalue weighted by atomic mass is 32.2. The van der Waals surface area contributed by atoms with Crippen LogP contribution in [0.1, 0.15) is 12.8 Å². The Morgan fingerprint density at radius 3 is 2.76 bits per heavy atom. The van der Waals surface area contributed by atoms with Gasteiger partial charge in [-0.15, -0.1) is 13.2 Å². The molecular formula is C13H25N3S. The smallest absolute Gasteiger partial charge is 0.193 e. The first-order chi connectivity index (χ1) is 8.26. The quantitative estimate of drug-likeness (QED) is 0.297. The van der Waals surface area contributed by atoms with Crippen molar-refractivity contribution in [1.82, 2.24) is 10.2 Å². The molecule has 1 N–H and O–H groups in total. The van der Waals surface area contributed by atoms with Gasteiger partial charge in [0.2, 0.25) is 0 Å². The van der Waals surface area contributed by atoms with E-state index in [9.17, 15) is 0 Å². The molecule has 0 rings (SSSR count). The molecular weight excluding hydrogens is 230 g/mol. The molecule has 0 heterocycles. The van der Waals surface area contributed by atoms with E-state index >= 15 is 0 Å². The molecule has 3 nitrogen and oxygen atoms in total. The molecule has 0 aromatic rings. The average molecular weight is 255 g/mol. The molecule has 0 saturated carbocycles. The van der Waals surface area contributed by atoms with E-state index in [1.54, 1.807) is 0 Å². The molecule has 0 radical (unpaired) electrons. The SMILES string of the molecule is C=CCCCN(C)C(=NC)NCCSCC=C. The van der Waals surface area contributed by atoms with Gasteiger partial charge in [-0.1, -0.05) is 12.2 Å². The van der Waals surface area contributed by atoms with Gasteiger partial charge in [-0.2, -0.15) is 11.8 Å². The Hall–Kier alpha value is -0.900. The van der Waals surface area contributed by atoms with Gasteiger partial charge in [0, 0.05) is 38.7 Å². The molecule has 0 aromatic heterocycles. The Bertz CT molecular complexity index is 239. The summed E-state index contributed by atoms with van der Waals surface area (Å²) in [5.74, 6) is 3.05. The van der Waals surface area contributed by atoms with Crippen LogP contribution in [0.2, 0.25) is 0 Å². The Labute approximate surface area is 110 Å². The number of nitrogens with one attached hydrogen (secondary N) is 1. The predicted molar refractivity (Wildman–Crippen MR) is 80.9 cm³/mol. The summed E-state index contributed by atoms with van der Waals surface area (Å²) in [6.07, 6.45) is 6.05. The Morgan fingerprint density at radius 2 is 2.18 bits per heavy atom. The van der Waals surface area contributed by atoms with Crippen LogP contribution in [0.25, 0.3) is 0 Å². The van der Waals surface area contributed by atoms with Gasteiger partial charge in [-0.25, -0.2) is 0 Å². The largest absolute Gasteiger partial charge is 0.355 e. The molecule has 4 heteroatoms. The number of hydrogen-bond donors (Lipinski definition) is 1. The van der Waals surface area contributed by atoms with Gasteiger partial charge in [0.05, 0.1) is 0 Å². The average Bonchev–Trinajstić information content (AvgIpc) is 2.34. The minimum Gasteiger partial charge on any atom is -0.355 e. The van der Waals surface area contributed by atoms with Crippen molar-refractivity contribution in [2.24, 2.45) is 4.99 Å². The molecule has 0 spiro atoms. The van der Waals surface area contributed by atoms with E-state index < -0.39 is 0 Å². The maximum Gasteiger partial charge on any atom is 0.193 e. The van der Waals surface area contributed by atoms with Crippen molar-refractivity contribution in [3.63, 3.8) is 0 Å². The molecule has 0 atom stereocenters. The second-order valence-corrected chi connectivity index (χ2v) is 4.84. The maximum atomic E-state index is 4.26. The molecule has 98 valence electrons. The summed E-state index contributed by atoms with van der Waals surface area (Å²) < 4.78 is 0. The zero-order valence-corrected chi connectivity index (χ0v) is 11.9. The lowest BCUT2D eigenvalue weighted by Crippen LogP contribution is -2.40. The molecule has 17 heavy (non-hydrogen) atoms. The van der Waals surface area contributed by atoms with Crippen LogP contribution in [0, 0.1) is 0 Å². The fraction of sp³-hybridized carbons (Fsp3) is 0.615. The van der Waals surface area contributed by atoms with Crippen LogP contribution in [-0.2, 0) is 0 Å². The zero-order valence-electron chi connectivity index (χ0n) is 11.1. The van der Waals surface area contributed by atoms with Crippen molar-refractivity contribution in [2.75, 3.05) is 38.7 Å². The number of aliphatic imine (C=N–C) groups is 1. The minimum absolute atomic E-state index is 0.941. The summed E-state index contributed by atoms with van der Waals surface area (Å²) in [5.41, 5.74) is 0. The number of guanidine groups is 1. The first kappa shape index (κ1) is 16.1. The third-order valence-electron chi connectivity index (χ3n) is 2.24. The van der Waals surface area contributed by atoms with Crippen LogP contribution >= 0.6 is 11.8 Å². The second kappa shape index (κ2) is 11.6. The van der Waals surface area contributed by atoms with Crippen LogP contribution in [0.5, 0.6) is 0 Å². The van der Waals surface area contributed by atoms with Gasteiger partial charge in [0.1, 0.15) is 0 Å². The van der Waals surface area contributed by atoms with Crippen LogP contribution in [0.3, 0.4) is 0 Å². The number of rotatable bonds is 9. The maximum absolute atomic E-state index is 4.26. The van der Waals surface area contributed by atoms with Crippen molar-refractivity contribution in [2.45, 2.75) is 12.8 Å². The summed E-state index contributed by atoms with van der Waals surface area (Å²) in [5, 5.41) is 3.35. The standard InChI is InChI=1S/C13H25N3S/c1-5-7-8-10-16(4)13(14-3)15-9-12-17-11-6-2/h5-6H,1-2,7-12H2,3-4H3,(H,14,15). The molecule has 0 aliphatic heterocycles. The Kier molecular flexibility index (Phi) is 11.0. The van der Waals surface area contributed by atoms with Crippen molar-refractivity contribution in [1.29, 1.82) is 0 Å².